The van der Waals surface area contributed by atoms with E-state index in [1.807, 2.05) is 0 Å². The summed E-state index contributed by atoms with van der Waals surface area (Å²) in [6.07, 6.45) is 3.75. The lowest BCUT2D eigenvalue weighted by molar-refractivity contribution is -0.385. The Kier molecular flexibility index (Phi) is 3.88. The summed E-state index contributed by atoms with van der Waals surface area (Å²) in [4.78, 5) is 10.5. The fraction of sp³-hybridized carbons (Fsp3) is 0.538. The first-order valence-electron chi connectivity index (χ1n) is 6.14. The van der Waals surface area contributed by atoms with Gasteiger partial charge in [0.05, 0.1) is 4.92 Å². The minimum Gasteiger partial charge on any atom is -0.312 e. The normalized spacial score (nSPS) is 17.2. The molecule has 0 radical (unpaired) electrons. The third kappa shape index (κ3) is 3.00. The molecule has 0 aliphatic heterocycles. The smallest absolute Gasteiger partial charge is 0.273 e. The highest BCUT2D eigenvalue weighted by Crippen LogP contribution is 2.39. The minimum absolute atomic E-state index is 0.130. The molecular weight excluding hydrogens is 252 g/mol. The Labute approximate surface area is 111 Å². The van der Waals surface area contributed by atoms with Gasteiger partial charge in [-0.05, 0) is 30.4 Å². The van der Waals surface area contributed by atoms with Crippen molar-refractivity contribution < 1.29 is 4.92 Å². The largest absolute Gasteiger partial charge is 0.312 e. The number of hydrogen-bond donors (Lipinski definition) is 1. The summed E-state index contributed by atoms with van der Waals surface area (Å²) in [5.41, 5.74) is 1.15. The summed E-state index contributed by atoms with van der Waals surface area (Å²) in [7, 11) is 0. The lowest BCUT2D eigenvalue weighted by Crippen LogP contribution is -2.37. The molecule has 1 fully saturated rings. The van der Waals surface area contributed by atoms with Gasteiger partial charge in [-0.3, -0.25) is 10.1 Å². The Balaban J connectivity index is 1.99. The van der Waals surface area contributed by atoms with E-state index in [1.54, 1.807) is 12.1 Å². The van der Waals surface area contributed by atoms with E-state index in [-0.39, 0.29) is 10.6 Å². The Morgan fingerprint density at radius 2 is 2.22 bits per heavy atom. The van der Waals surface area contributed by atoms with Gasteiger partial charge in [0, 0.05) is 29.7 Å². The second kappa shape index (κ2) is 5.24. The highest BCUT2D eigenvalue weighted by molar-refractivity contribution is 6.30. The standard InChI is InChI=1S/C13H17ClN2O2/c1-13(5-2-6-13)9-15-8-10-7-11(14)3-4-12(10)16(17)18/h3-4,7,15H,2,5-6,8-9H2,1H3. The molecule has 0 bridgehead atoms. The number of nitrogens with one attached hydrogen (secondary N) is 1. The molecule has 0 amide bonds. The van der Waals surface area contributed by atoms with Gasteiger partial charge >= 0.3 is 0 Å². The van der Waals surface area contributed by atoms with Gasteiger partial charge in [-0.2, -0.15) is 0 Å². The molecule has 4 nitrogen and oxygen atoms in total. The Hall–Kier alpha value is -1.13. The van der Waals surface area contributed by atoms with Gasteiger partial charge in [-0.15, -0.1) is 0 Å². The summed E-state index contributed by atoms with van der Waals surface area (Å²) in [5.74, 6) is 0. The first-order chi connectivity index (χ1) is 8.50. The van der Waals surface area contributed by atoms with Crippen molar-refractivity contribution >= 4 is 17.3 Å². The van der Waals surface area contributed by atoms with Crippen LogP contribution in [0.2, 0.25) is 5.02 Å². The number of halogens is 1. The first-order valence-corrected chi connectivity index (χ1v) is 6.52. The number of hydrogen-bond acceptors (Lipinski definition) is 3. The second-order valence-electron chi connectivity index (χ2n) is 5.30. The van der Waals surface area contributed by atoms with Crippen molar-refractivity contribution in [2.75, 3.05) is 6.54 Å². The van der Waals surface area contributed by atoms with E-state index in [0.717, 1.165) is 6.54 Å². The SMILES string of the molecule is CC1(CNCc2cc(Cl)ccc2[N+](=O)[O-])CCC1. The number of nitrogens with zero attached hydrogens (tertiary/aromatic N) is 1. The van der Waals surface area contributed by atoms with Gasteiger partial charge < -0.3 is 5.32 Å². The molecule has 0 unspecified atom stereocenters. The maximum absolute atomic E-state index is 10.9. The van der Waals surface area contributed by atoms with Crippen LogP contribution in [-0.2, 0) is 6.54 Å². The van der Waals surface area contributed by atoms with Crippen molar-refractivity contribution in [3.05, 3.63) is 38.9 Å². The van der Waals surface area contributed by atoms with Crippen LogP contribution in [0.25, 0.3) is 0 Å². The fourth-order valence-electron chi connectivity index (χ4n) is 2.33. The molecule has 1 N–H and O–H groups in total. The maximum Gasteiger partial charge on any atom is 0.273 e. The van der Waals surface area contributed by atoms with Gasteiger partial charge in [-0.25, -0.2) is 0 Å². The monoisotopic (exact) mass is 268 g/mol. The van der Waals surface area contributed by atoms with Crippen LogP contribution in [0.4, 0.5) is 5.69 Å². The van der Waals surface area contributed by atoms with Crippen LogP contribution >= 0.6 is 11.6 Å². The summed E-state index contributed by atoms with van der Waals surface area (Å²) >= 11 is 5.88. The van der Waals surface area contributed by atoms with Crippen molar-refractivity contribution in [3.63, 3.8) is 0 Å². The number of rotatable bonds is 5. The van der Waals surface area contributed by atoms with Crippen LogP contribution in [-0.4, -0.2) is 11.5 Å². The van der Waals surface area contributed by atoms with Crippen molar-refractivity contribution in [2.24, 2.45) is 5.41 Å². The van der Waals surface area contributed by atoms with E-state index in [1.165, 1.54) is 25.3 Å². The molecule has 1 aliphatic rings. The molecule has 2 rings (SSSR count). The maximum atomic E-state index is 10.9. The van der Waals surface area contributed by atoms with E-state index < -0.39 is 0 Å². The van der Waals surface area contributed by atoms with Gasteiger partial charge in [0.15, 0.2) is 0 Å². The predicted octanol–water partition coefficient (Wildman–Crippen LogP) is 3.53. The first kappa shape index (κ1) is 13.3. The average Bonchev–Trinajstić information content (AvgIpc) is 2.26. The van der Waals surface area contributed by atoms with Crippen LogP contribution in [0.5, 0.6) is 0 Å². The molecule has 18 heavy (non-hydrogen) atoms. The van der Waals surface area contributed by atoms with Crippen molar-refractivity contribution in [3.8, 4) is 0 Å². The summed E-state index contributed by atoms with van der Waals surface area (Å²) in [6.45, 7) is 3.64. The van der Waals surface area contributed by atoms with Crippen molar-refractivity contribution in [1.82, 2.24) is 5.32 Å². The molecule has 1 aliphatic carbocycles. The number of nitro groups is 1. The molecule has 0 atom stereocenters. The predicted molar refractivity (Wildman–Crippen MR) is 71.8 cm³/mol. The zero-order valence-electron chi connectivity index (χ0n) is 10.4. The number of benzene rings is 1. The minimum atomic E-state index is -0.363. The third-order valence-corrected chi connectivity index (χ3v) is 3.90. The molecule has 0 spiro atoms. The molecule has 0 heterocycles. The zero-order valence-corrected chi connectivity index (χ0v) is 11.2. The van der Waals surface area contributed by atoms with E-state index in [0.29, 0.717) is 22.5 Å². The van der Waals surface area contributed by atoms with E-state index >= 15 is 0 Å². The zero-order chi connectivity index (χ0) is 13.2. The van der Waals surface area contributed by atoms with Crippen molar-refractivity contribution in [2.45, 2.75) is 32.7 Å². The molecular formula is C13H17ClN2O2. The molecule has 5 heteroatoms. The summed E-state index contributed by atoms with van der Waals surface area (Å²) in [6, 6.07) is 4.68. The average molecular weight is 269 g/mol. The highest BCUT2D eigenvalue weighted by atomic mass is 35.5. The van der Waals surface area contributed by atoms with Gasteiger partial charge in [-0.1, -0.05) is 24.9 Å². The van der Waals surface area contributed by atoms with E-state index in [2.05, 4.69) is 12.2 Å². The second-order valence-corrected chi connectivity index (χ2v) is 5.73. The molecule has 0 saturated heterocycles. The van der Waals surface area contributed by atoms with Gasteiger partial charge in [0.2, 0.25) is 0 Å². The Morgan fingerprint density at radius 1 is 1.50 bits per heavy atom. The van der Waals surface area contributed by atoms with Gasteiger partial charge in [0.1, 0.15) is 0 Å². The van der Waals surface area contributed by atoms with E-state index in [9.17, 15) is 10.1 Å². The highest BCUT2D eigenvalue weighted by Gasteiger charge is 2.31. The van der Waals surface area contributed by atoms with Gasteiger partial charge in [0.25, 0.3) is 5.69 Å². The van der Waals surface area contributed by atoms with Crippen molar-refractivity contribution in [1.29, 1.82) is 0 Å². The molecule has 98 valence electrons. The van der Waals surface area contributed by atoms with Crippen LogP contribution in [0, 0.1) is 15.5 Å². The van der Waals surface area contributed by atoms with Crippen LogP contribution in [0.15, 0.2) is 18.2 Å². The molecule has 1 aromatic rings. The summed E-state index contributed by atoms with van der Waals surface area (Å²) in [5, 5.41) is 14.7. The Morgan fingerprint density at radius 3 is 2.78 bits per heavy atom. The lowest BCUT2D eigenvalue weighted by atomic mass is 9.70. The Bertz CT molecular complexity index is 458. The quantitative estimate of drug-likeness (QED) is 0.656. The fourth-order valence-corrected chi connectivity index (χ4v) is 2.52. The van der Waals surface area contributed by atoms with E-state index in [4.69, 9.17) is 11.6 Å². The number of nitro benzene ring substituents is 1. The molecule has 1 aromatic carbocycles. The lowest BCUT2D eigenvalue weighted by Gasteiger charge is -2.38. The molecule has 1 saturated carbocycles. The van der Waals surface area contributed by atoms with Crippen LogP contribution < -0.4 is 5.32 Å². The third-order valence-electron chi connectivity index (χ3n) is 3.67. The summed E-state index contributed by atoms with van der Waals surface area (Å²) < 4.78 is 0. The van der Waals surface area contributed by atoms with Crippen LogP contribution in [0.1, 0.15) is 31.7 Å². The molecule has 0 aromatic heterocycles. The van der Waals surface area contributed by atoms with Crippen LogP contribution in [0.3, 0.4) is 0 Å². The topological polar surface area (TPSA) is 55.2 Å².